The Morgan fingerprint density at radius 3 is 2.38 bits per heavy atom. The second kappa shape index (κ2) is 10.5. The highest BCUT2D eigenvalue weighted by molar-refractivity contribution is 6.31. The van der Waals surface area contributed by atoms with E-state index < -0.39 is 0 Å². The normalized spacial score (nSPS) is 10.8. The Labute approximate surface area is 180 Å². The van der Waals surface area contributed by atoms with E-state index in [1.807, 2.05) is 30.3 Å². The maximum Gasteiger partial charge on any atom is 0.163 e. The van der Waals surface area contributed by atoms with Crippen LogP contribution < -0.4 is 14.8 Å². The van der Waals surface area contributed by atoms with Crippen molar-refractivity contribution in [3.05, 3.63) is 93.2 Å². The number of rotatable bonds is 9. The first-order valence-corrected chi connectivity index (χ1v) is 10.00. The zero-order valence-electron chi connectivity index (χ0n) is 16.1. The Bertz CT molecular complexity index is 948. The van der Waals surface area contributed by atoms with Gasteiger partial charge in [-0.05, 0) is 48.4 Å². The molecule has 0 radical (unpaired) electrons. The second-order valence-electron chi connectivity index (χ2n) is 6.53. The summed E-state index contributed by atoms with van der Waals surface area (Å²) in [7, 11) is 1.59. The van der Waals surface area contributed by atoms with E-state index >= 15 is 0 Å². The molecule has 3 aromatic rings. The molecule has 0 saturated carbocycles. The minimum Gasteiger partial charge on any atom is -0.493 e. The van der Waals surface area contributed by atoms with Gasteiger partial charge in [0.05, 0.1) is 7.11 Å². The van der Waals surface area contributed by atoms with Crippen LogP contribution in [0.5, 0.6) is 11.5 Å². The fraction of sp³-hybridized carbons (Fsp3) is 0.217. The van der Waals surface area contributed by atoms with Crippen LogP contribution in [0.4, 0.5) is 4.39 Å². The van der Waals surface area contributed by atoms with E-state index in [4.69, 9.17) is 32.7 Å². The average Bonchev–Trinajstić information content (AvgIpc) is 2.73. The predicted octanol–water partition coefficient (Wildman–Crippen LogP) is 6.05. The third-order valence-corrected chi connectivity index (χ3v) is 5.21. The Morgan fingerprint density at radius 2 is 1.66 bits per heavy atom. The highest BCUT2D eigenvalue weighted by Crippen LogP contribution is 2.34. The quantitative estimate of drug-likeness (QED) is 0.416. The molecule has 0 aliphatic rings. The lowest BCUT2D eigenvalue weighted by Crippen LogP contribution is -2.17. The molecule has 0 heterocycles. The largest absolute Gasteiger partial charge is 0.493 e. The average molecular weight is 434 g/mol. The van der Waals surface area contributed by atoms with Gasteiger partial charge in [-0.3, -0.25) is 0 Å². The first-order valence-electron chi connectivity index (χ1n) is 9.24. The van der Waals surface area contributed by atoms with Crippen molar-refractivity contribution in [2.45, 2.75) is 19.6 Å². The molecule has 3 aromatic carbocycles. The summed E-state index contributed by atoms with van der Waals surface area (Å²) in [6, 6.07) is 17.7. The topological polar surface area (TPSA) is 30.5 Å². The van der Waals surface area contributed by atoms with Gasteiger partial charge >= 0.3 is 0 Å². The number of halogens is 3. The smallest absolute Gasteiger partial charge is 0.163 e. The molecule has 152 valence electrons. The number of nitrogens with one attached hydrogen (secondary N) is 1. The molecule has 0 saturated heterocycles. The van der Waals surface area contributed by atoms with Gasteiger partial charge in [0, 0.05) is 28.2 Å². The monoisotopic (exact) mass is 433 g/mol. The van der Waals surface area contributed by atoms with Crippen LogP contribution in [-0.2, 0) is 19.6 Å². The van der Waals surface area contributed by atoms with Gasteiger partial charge in [0.25, 0.3) is 0 Å². The molecule has 29 heavy (non-hydrogen) atoms. The molecule has 0 unspecified atom stereocenters. The van der Waals surface area contributed by atoms with Gasteiger partial charge in [-0.25, -0.2) is 4.39 Å². The molecule has 0 amide bonds. The van der Waals surface area contributed by atoms with E-state index in [9.17, 15) is 4.39 Å². The van der Waals surface area contributed by atoms with Crippen LogP contribution in [0.15, 0.2) is 60.7 Å². The Hall–Kier alpha value is -2.27. The SMILES string of the molecule is COc1cc(CNCCc2ccc(F)cc2)c(Cl)cc1OCc1ccccc1Cl. The lowest BCUT2D eigenvalue weighted by molar-refractivity contribution is 0.284. The van der Waals surface area contributed by atoms with Crippen molar-refractivity contribution >= 4 is 23.2 Å². The van der Waals surface area contributed by atoms with Crippen LogP contribution in [0, 0.1) is 5.82 Å². The summed E-state index contributed by atoms with van der Waals surface area (Å²) >= 11 is 12.6. The number of methoxy groups -OCH3 is 1. The van der Waals surface area contributed by atoms with Gasteiger partial charge in [-0.2, -0.15) is 0 Å². The van der Waals surface area contributed by atoms with Crippen molar-refractivity contribution in [1.82, 2.24) is 5.32 Å². The van der Waals surface area contributed by atoms with Crippen LogP contribution in [0.2, 0.25) is 10.0 Å². The zero-order valence-corrected chi connectivity index (χ0v) is 17.6. The second-order valence-corrected chi connectivity index (χ2v) is 7.34. The molecule has 3 rings (SSSR count). The third kappa shape index (κ3) is 6.10. The summed E-state index contributed by atoms with van der Waals surface area (Å²) in [4.78, 5) is 0. The first kappa shape index (κ1) is 21.4. The van der Waals surface area contributed by atoms with Gasteiger partial charge in [-0.15, -0.1) is 0 Å². The van der Waals surface area contributed by atoms with Gasteiger partial charge < -0.3 is 14.8 Å². The van der Waals surface area contributed by atoms with Crippen molar-refractivity contribution < 1.29 is 13.9 Å². The summed E-state index contributed by atoms with van der Waals surface area (Å²) in [5.74, 6) is 0.946. The fourth-order valence-corrected chi connectivity index (χ4v) is 3.27. The molecule has 0 bridgehead atoms. The highest BCUT2D eigenvalue weighted by Gasteiger charge is 2.11. The van der Waals surface area contributed by atoms with Crippen molar-refractivity contribution in [1.29, 1.82) is 0 Å². The van der Waals surface area contributed by atoms with E-state index in [1.165, 1.54) is 12.1 Å². The third-order valence-electron chi connectivity index (χ3n) is 4.49. The van der Waals surface area contributed by atoms with Crippen LogP contribution in [0.3, 0.4) is 0 Å². The minimum absolute atomic E-state index is 0.225. The van der Waals surface area contributed by atoms with Gasteiger partial charge in [0.1, 0.15) is 12.4 Å². The van der Waals surface area contributed by atoms with Gasteiger partial charge in [-0.1, -0.05) is 53.5 Å². The predicted molar refractivity (Wildman–Crippen MR) is 116 cm³/mol. The molecule has 0 spiro atoms. The Morgan fingerprint density at radius 1 is 0.897 bits per heavy atom. The molecule has 6 heteroatoms. The van der Waals surface area contributed by atoms with E-state index in [1.54, 1.807) is 25.3 Å². The highest BCUT2D eigenvalue weighted by atomic mass is 35.5. The lowest BCUT2D eigenvalue weighted by Gasteiger charge is -2.15. The summed E-state index contributed by atoms with van der Waals surface area (Å²) in [6.45, 7) is 1.65. The lowest BCUT2D eigenvalue weighted by atomic mass is 10.1. The number of hydrogen-bond donors (Lipinski definition) is 1. The van der Waals surface area contributed by atoms with Crippen molar-refractivity contribution in [3.8, 4) is 11.5 Å². The first-order chi connectivity index (χ1) is 14.1. The van der Waals surface area contributed by atoms with E-state index in [2.05, 4.69) is 5.32 Å². The molecular formula is C23H22Cl2FNO2. The maximum absolute atomic E-state index is 13.0. The van der Waals surface area contributed by atoms with Crippen molar-refractivity contribution in [2.24, 2.45) is 0 Å². The van der Waals surface area contributed by atoms with Crippen molar-refractivity contribution in [3.63, 3.8) is 0 Å². The van der Waals surface area contributed by atoms with Crippen LogP contribution >= 0.6 is 23.2 Å². The summed E-state index contributed by atoms with van der Waals surface area (Å²) < 4.78 is 24.3. The van der Waals surface area contributed by atoms with Crippen molar-refractivity contribution in [2.75, 3.05) is 13.7 Å². The van der Waals surface area contributed by atoms with Gasteiger partial charge in [0.2, 0.25) is 0 Å². The zero-order chi connectivity index (χ0) is 20.6. The molecule has 0 fully saturated rings. The summed E-state index contributed by atoms with van der Waals surface area (Å²) in [5, 5.41) is 4.59. The standard InChI is InChI=1S/C23H22Cl2FNO2/c1-28-22-12-18(14-27-11-10-16-6-8-19(26)9-7-16)21(25)13-23(22)29-15-17-4-2-3-5-20(17)24/h2-9,12-13,27H,10-11,14-15H2,1H3. The van der Waals surface area contributed by atoms with E-state index in [0.717, 1.165) is 29.7 Å². The van der Waals surface area contributed by atoms with Crippen LogP contribution in [0.1, 0.15) is 16.7 Å². The molecule has 1 N–H and O–H groups in total. The molecule has 0 aliphatic carbocycles. The molecule has 0 aromatic heterocycles. The molecular weight excluding hydrogens is 412 g/mol. The van der Waals surface area contributed by atoms with Crippen LogP contribution in [0.25, 0.3) is 0 Å². The molecule has 0 atom stereocenters. The fourth-order valence-electron chi connectivity index (χ4n) is 2.86. The minimum atomic E-state index is -0.225. The molecule has 0 aliphatic heterocycles. The van der Waals surface area contributed by atoms with E-state index in [-0.39, 0.29) is 5.82 Å². The Kier molecular flexibility index (Phi) is 7.76. The number of ether oxygens (including phenoxy) is 2. The van der Waals surface area contributed by atoms with Crippen LogP contribution in [-0.4, -0.2) is 13.7 Å². The summed E-state index contributed by atoms with van der Waals surface area (Å²) in [5.41, 5.74) is 2.87. The van der Waals surface area contributed by atoms with Gasteiger partial charge in [0.15, 0.2) is 11.5 Å². The number of hydrogen-bond acceptors (Lipinski definition) is 3. The maximum atomic E-state index is 13.0. The van der Waals surface area contributed by atoms with E-state index in [0.29, 0.717) is 34.7 Å². The molecule has 3 nitrogen and oxygen atoms in total. The number of benzene rings is 3. The summed E-state index contributed by atoms with van der Waals surface area (Å²) in [6.07, 6.45) is 0.800. The Balaban J connectivity index is 1.58.